The summed E-state index contributed by atoms with van der Waals surface area (Å²) < 4.78 is 0. The number of urea groups is 1. The van der Waals surface area contributed by atoms with E-state index in [1.165, 1.54) is 12.8 Å². The molecule has 2 atom stereocenters. The first-order valence-electron chi connectivity index (χ1n) is 8.01. The molecule has 2 amide bonds. The van der Waals surface area contributed by atoms with Gasteiger partial charge in [-0.3, -0.25) is 4.90 Å². The number of fused-ring (bicyclic) bond motifs is 1. The second kappa shape index (κ2) is 6.64. The van der Waals surface area contributed by atoms with Gasteiger partial charge in [-0.2, -0.15) is 0 Å². The molecule has 0 aromatic carbocycles. The quantitative estimate of drug-likeness (QED) is 0.825. The Labute approximate surface area is 126 Å². The molecular weight excluding hydrogens is 270 g/mol. The van der Waals surface area contributed by atoms with Crippen LogP contribution < -0.4 is 5.32 Å². The van der Waals surface area contributed by atoms with E-state index in [4.69, 9.17) is 0 Å². The van der Waals surface area contributed by atoms with Gasteiger partial charge in [0.1, 0.15) is 5.54 Å². The van der Waals surface area contributed by atoms with Crippen molar-refractivity contribution in [3.8, 4) is 0 Å². The van der Waals surface area contributed by atoms with Gasteiger partial charge in [-0.1, -0.05) is 19.8 Å². The lowest BCUT2D eigenvalue weighted by Crippen LogP contribution is -2.61. The Morgan fingerprint density at radius 2 is 2.05 bits per heavy atom. The summed E-state index contributed by atoms with van der Waals surface area (Å²) in [5, 5.41) is 12.1. The molecule has 2 aliphatic rings. The van der Waals surface area contributed by atoms with E-state index in [1.807, 2.05) is 6.92 Å². The Morgan fingerprint density at radius 1 is 1.29 bits per heavy atom. The molecule has 0 aliphatic carbocycles. The van der Waals surface area contributed by atoms with Gasteiger partial charge in [-0.25, -0.2) is 9.59 Å². The Hall–Kier alpha value is -1.30. The number of carboxylic acid groups (broad SMARTS) is 1. The first-order valence-corrected chi connectivity index (χ1v) is 8.01. The number of piperazine rings is 1. The number of piperidine rings is 1. The fourth-order valence-electron chi connectivity index (χ4n) is 3.38. The molecule has 2 saturated heterocycles. The van der Waals surface area contributed by atoms with Gasteiger partial charge >= 0.3 is 12.0 Å². The van der Waals surface area contributed by atoms with E-state index in [9.17, 15) is 14.7 Å². The summed E-state index contributed by atoms with van der Waals surface area (Å²) in [5.74, 6) is -0.964. The fraction of sp³-hybridized carbons (Fsp3) is 0.867. The highest BCUT2D eigenvalue weighted by Gasteiger charge is 2.37. The third-order valence-corrected chi connectivity index (χ3v) is 4.73. The molecule has 2 fully saturated rings. The van der Waals surface area contributed by atoms with Gasteiger partial charge in [0.25, 0.3) is 0 Å². The van der Waals surface area contributed by atoms with Crippen molar-refractivity contribution in [2.45, 2.75) is 57.5 Å². The average molecular weight is 297 g/mol. The zero-order valence-electron chi connectivity index (χ0n) is 13.1. The molecule has 2 rings (SSSR count). The average Bonchev–Trinajstić information content (AvgIpc) is 2.46. The topological polar surface area (TPSA) is 72.9 Å². The largest absolute Gasteiger partial charge is 0.480 e. The third-order valence-electron chi connectivity index (χ3n) is 4.73. The maximum atomic E-state index is 12.4. The summed E-state index contributed by atoms with van der Waals surface area (Å²) in [4.78, 5) is 28.1. The lowest BCUT2D eigenvalue weighted by molar-refractivity contribution is -0.144. The first kappa shape index (κ1) is 16.1. The molecule has 0 aromatic rings. The Bertz CT molecular complexity index is 402. The van der Waals surface area contributed by atoms with Gasteiger partial charge in [0.05, 0.1) is 0 Å². The Kier molecular flexibility index (Phi) is 5.08. The maximum Gasteiger partial charge on any atom is 0.329 e. The van der Waals surface area contributed by atoms with Crippen molar-refractivity contribution < 1.29 is 14.7 Å². The van der Waals surface area contributed by atoms with Crippen LogP contribution in [-0.2, 0) is 4.79 Å². The second-order valence-corrected chi connectivity index (χ2v) is 6.45. The smallest absolute Gasteiger partial charge is 0.329 e. The van der Waals surface area contributed by atoms with Gasteiger partial charge in [0.2, 0.25) is 0 Å². The van der Waals surface area contributed by atoms with Crippen LogP contribution in [0.2, 0.25) is 0 Å². The van der Waals surface area contributed by atoms with Crippen molar-refractivity contribution >= 4 is 12.0 Å². The molecule has 0 aromatic heterocycles. The number of rotatable bonds is 4. The number of nitrogens with one attached hydrogen (secondary N) is 1. The number of hydrogen-bond acceptors (Lipinski definition) is 3. The van der Waals surface area contributed by atoms with Crippen LogP contribution in [0.3, 0.4) is 0 Å². The van der Waals surface area contributed by atoms with Gasteiger partial charge < -0.3 is 15.3 Å². The zero-order valence-corrected chi connectivity index (χ0v) is 13.1. The van der Waals surface area contributed by atoms with Gasteiger partial charge in [0, 0.05) is 25.7 Å². The minimum atomic E-state index is -1.17. The summed E-state index contributed by atoms with van der Waals surface area (Å²) in [5.41, 5.74) is -1.17. The minimum Gasteiger partial charge on any atom is -0.480 e. The molecule has 0 saturated carbocycles. The van der Waals surface area contributed by atoms with Crippen molar-refractivity contribution in [1.29, 1.82) is 0 Å². The molecule has 2 unspecified atom stereocenters. The molecule has 0 bridgehead atoms. The highest BCUT2D eigenvalue weighted by atomic mass is 16.4. The predicted molar refractivity (Wildman–Crippen MR) is 80.3 cm³/mol. The summed E-state index contributed by atoms with van der Waals surface area (Å²) in [6.45, 7) is 6.94. The molecule has 2 heterocycles. The van der Waals surface area contributed by atoms with Crippen LogP contribution >= 0.6 is 0 Å². The molecule has 0 spiro atoms. The van der Waals surface area contributed by atoms with E-state index in [-0.39, 0.29) is 6.03 Å². The zero-order chi connectivity index (χ0) is 15.5. The SMILES string of the molecule is CCCC(C)(NC(=O)N1CCN2CCCCC2C1)C(=O)O. The van der Waals surface area contributed by atoms with Gasteiger partial charge in [-0.15, -0.1) is 0 Å². The van der Waals surface area contributed by atoms with Crippen LogP contribution in [0.1, 0.15) is 46.0 Å². The maximum absolute atomic E-state index is 12.4. The minimum absolute atomic E-state index is 0.237. The van der Waals surface area contributed by atoms with Gasteiger partial charge in [-0.05, 0) is 32.7 Å². The van der Waals surface area contributed by atoms with Crippen molar-refractivity contribution in [1.82, 2.24) is 15.1 Å². The molecule has 2 N–H and O–H groups in total. The number of carboxylic acids is 1. The fourth-order valence-corrected chi connectivity index (χ4v) is 3.38. The van der Waals surface area contributed by atoms with Crippen LogP contribution in [0.5, 0.6) is 0 Å². The van der Waals surface area contributed by atoms with Crippen LogP contribution in [0, 0.1) is 0 Å². The van der Waals surface area contributed by atoms with E-state index < -0.39 is 11.5 Å². The second-order valence-electron chi connectivity index (χ2n) is 6.45. The molecule has 120 valence electrons. The number of amides is 2. The van der Waals surface area contributed by atoms with E-state index in [0.29, 0.717) is 25.6 Å². The van der Waals surface area contributed by atoms with Crippen molar-refractivity contribution in [2.24, 2.45) is 0 Å². The van der Waals surface area contributed by atoms with Crippen molar-refractivity contribution in [3.05, 3.63) is 0 Å². The van der Waals surface area contributed by atoms with Crippen molar-refractivity contribution in [2.75, 3.05) is 26.2 Å². The first-order chi connectivity index (χ1) is 9.96. The number of carbonyl (C=O) groups is 2. The lowest BCUT2D eigenvalue weighted by Gasteiger charge is -2.44. The number of carbonyl (C=O) groups excluding carboxylic acids is 1. The molecule has 6 nitrogen and oxygen atoms in total. The van der Waals surface area contributed by atoms with Crippen LogP contribution in [0.15, 0.2) is 0 Å². The monoisotopic (exact) mass is 297 g/mol. The molecule has 21 heavy (non-hydrogen) atoms. The Morgan fingerprint density at radius 3 is 2.71 bits per heavy atom. The van der Waals surface area contributed by atoms with E-state index >= 15 is 0 Å². The Balaban J connectivity index is 1.95. The molecule has 0 radical (unpaired) electrons. The number of aliphatic carboxylic acids is 1. The summed E-state index contributed by atoms with van der Waals surface area (Å²) in [7, 11) is 0. The van der Waals surface area contributed by atoms with Gasteiger partial charge in [0.15, 0.2) is 0 Å². The molecular formula is C15H27N3O3. The van der Waals surface area contributed by atoms with Crippen LogP contribution in [0.4, 0.5) is 4.79 Å². The normalized spacial score (nSPS) is 25.8. The van der Waals surface area contributed by atoms with E-state index in [2.05, 4.69) is 10.2 Å². The highest BCUT2D eigenvalue weighted by Crippen LogP contribution is 2.21. The number of nitrogens with zero attached hydrogens (tertiary/aromatic N) is 2. The standard InChI is InChI=1S/C15H27N3O3/c1-3-7-15(2,13(19)20)16-14(21)18-10-9-17-8-5-4-6-12(17)11-18/h12H,3-11H2,1-2H3,(H,16,21)(H,19,20). The molecule has 2 aliphatic heterocycles. The van der Waals surface area contributed by atoms with Crippen LogP contribution in [-0.4, -0.2) is 64.7 Å². The molecule has 6 heteroatoms. The van der Waals surface area contributed by atoms with E-state index in [1.54, 1.807) is 11.8 Å². The summed E-state index contributed by atoms with van der Waals surface area (Å²) in [6, 6.07) is 0.207. The number of hydrogen-bond donors (Lipinski definition) is 2. The highest BCUT2D eigenvalue weighted by molar-refractivity contribution is 5.85. The van der Waals surface area contributed by atoms with Crippen LogP contribution in [0.25, 0.3) is 0 Å². The predicted octanol–water partition coefficient (Wildman–Crippen LogP) is 1.51. The van der Waals surface area contributed by atoms with Crippen molar-refractivity contribution in [3.63, 3.8) is 0 Å². The lowest BCUT2D eigenvalue weighted by atomic mass is 9.96. The van der Waals surface area contributed by atoms with E-state index in [0.717, 1.165) is 25.9 Å². The summed E-state index contributed by atoms with van der Waals surface area (Å²) in [6.07, 6.45) is 4.77. The summed E-state index contributed by atoms with van der Waals surface area (Å²) >= 11 is 0. The third kappa shape index (κ3) is 3.67.